The molecule has 0 saturated carbocycles. The van der Waals surface area contributed by atoms with Crippen molar-refractivity contribution >= 4 is 17.0 Å². The van der Waals surface area contributed by atoms with Gasteiger partial charge in [-0.15, -0.1) is 16.4 Å². The Morgan fingerprint density at radius 3 is 2.78 bits per heavy atom. The topological polar surface area (TPSA) is 52.3 Å². The summed E-state index contributed by atoms with van der Waals surface area (Å²) in [6.07, 6.45) is 2.73. The molecule has 114 valence electrons. The Balaban J connectivity index is 1.44. The van der Waals surface area contributed by atoms with Crippen LogP contribution < -0.4 is 4.74 Å². The van der Waals surface area contributed by atoms with Crippen LogP contribution in [0.25, 0.3) is 5.65 Å². The lowest BCUT2D eigenvalue weighted by Gasteiger charge is -2.01. The van der Waals surface area contributed by atoms with E-state index in [0.717, 1.165) is 22.8 Å². The number of benzene rings is 1. The van der Waals surface area contributed by atoms with Gasteiger partial charge in [0.25, 0.3) is 0 Å². The van der Waals surface area contributed by atoms with Crippen LogP contribution >= 0.6 is 11.3 Å². The van der Waals surface area contributed by atoms with Crippen molar-refractivity contribution in [3.8, 4) is 6.01 Å². The number of aromatic nitrogens is 4. The van der Waals surface area contributed by atoms with Gasteiger partial charge in [0.1, 0.15) is 6.61 Å². The number of fused-ring (bicyclic) bond motifs is 1. The van der Waals surface area contributed by atoms with Gasteiger partial charge in [0.05, 0.1) is 10.7 Å². The molecule has 1 aromatic carbocycles. The zero-order valence-corrected chi connectivity index (χ0v) is 13.1. The lowest BCUT2D eigenvalue weighted by Crippen LogP contribution is -2.00. The summed E-state index contributed by atoms with van der Waals surface area (Å²) in [5, 5.41) is 11.2. The van der Waals surface area contributed by atoms with Crippen LogP contribution in [0, 0.1) is 0 Å². The Morgan fingerprint density at radius 1 is 1.00 bits per heavy atom. The number of ether oxygens (including phenoxy) is 1. The maximum atomic E-state index is 5.74. The van der Waals surface area contributed by atoms with E-state index < -0.39 is 0 Å². The van der Waals surface area contributed by atoms with Crippen LogP contribution in [0.3, 0.4) is 0 Å². The first-order valence-electron chi connectivity index (χ1n) is 7.28. The van der Waals surface area contributed by atoms with Crippen LogP contribution in [-0.2, 0) is 13.0 Å². The van der Waals surface area contributed by atoms with Crippen LogP contribution in [0.5, 0.6) is 6.01 Å². The van der Waals surface area contributed by atoms with Gasteiger partial charge in [-0.1, -0.05) is 41.5 Å². The van der Waals surface area contributed by atoms with E-state index in [1.807, 2.05) is 52.4 Å². The first kappa shape index (κ1) is 13.9. The monoisotopic (exact) mass is 322 g/mol. The number of pyridine rings is 1. The maximum Gasteiger partial charge on any atom is 0.321 e. The molecule has 23 heavy (non-hydrogen) atoms. The van der Waals surface area contributed by atoms with Gasteiger partial charge in [-0.3, -0.25) is 4.40 Å². The molecule has 0 aliphatic heterocycles. The van der Waals surface area contributed by atoms with Crippen LogP contribution in [-0.4, -0.2) is 19.6 Å². The summed E-state index contributed by atoms with van der Waals surface area (Å²) in [5.41, 5.74) is 2.94. The molecular weight excluding hydrogens is 308 g/mol. The number of thiazole rings is 1. The van der Waals surface area contributed by atoms with Crippen LogP contribution in [0.4, 0.5) is 0 Å². The van der Waals surface area contributed by atoms with E-state index in [1.54, 1.807) is 11.3 Å². The fourth-order valence-electron chi connectivity index (χ4n) is 2.32. The largest absolute Gasteiger partial charge is 0.457 e. The second kappa shape index (κ2) is 6.18. The van der Waals surface area contributed by atoms with Gasteiger partial charge in [-0.2, -0.15) is 0 Å². The van der Waals surface area contributed by atoms with Crippen molar-refractivity contribution in [1.29, 1.82) is 0 Å². The van der Waals surface area contributed by atoms with E-state index in [0.29, 0.717) is 12.6 Å². The van der Waals surface area contributed by atoms with E-state index in [-0.39, 0.29) is 0 Å². The molecule has 0 fully saturated rings. The molecule has 0 saturated heterocycles. The van der Waals surface area contributed by atoms with Gasteiger partial charge in [0, 0.05) is 18.0 Å². The molecule has 0 unspecified atom stereocenters. The van der Waals surface area contributed by atoms with Gasteiger partial charge in [0.2, 0.25) is 0 Å². The average molecular weight is 322 g/mol. The van der Waals surface area contributed by atoms with Crippen molar-refractivity contribution in [2.24, 2.45) is 0 Å². The van der Waals surface area contributed by atoms with E-state index in [2.05, 4.69) is 27.3 Å². The number of hydrogen-bond acceptors (Lipinski definition) is 5. The fourth-order valence-corrected chi connectivity index (χ4v) is 3.14. The minimum absolute atomic E-state index is 0.390. The molecule has 6 heteroatoms. The number of nitrogens with zero attached hydrogens (tertiary/aromatic N) is 4. The Morgan fingerprint density at radius 2 is 1.87 bits per heavy atom. The summed E-state index contributed by atoms with van der Waals surface area (Å²) in [4.78, 5) is 4.62. The third-order valence-electron chi connectivity index (χ3n) is 3.43. The van der Waals surface area contributed by atoms with E-state index >= 15 is 0 Å². The van der Waals surface area contributed by atoms with Gasteiger partial charge in [0.15, 0.2) is 5.65 Å². The first-order valence-corrected chi connectivity index (χ1v) is 8.16. The van der Waals surface area contributed by atoms with Gasteiger partial charge in [-0.25, -0.2) is 4.98 Å². The van der Waals surface area contributed by atoms with Crippen molar-refractivity contribution in [3.05, 3.63) is 76.4 Å². The minimum Gasteiger partial charge on any atom is -0.457 e. The smallest absolute Gasteiger partial charge is 0.321 e. The third-order valence-corrected chi connectivity index (χ3v) is 4.33. The van der Waals surface area contributed by atoms with Crippen molar-refractivity contribution in [3.63, 3.8) is 0 Å². The molecule has 0 amide bonds. The summed E-state index contributed by atoms with van der Waals surface area (Å²) in [5.74, 6) is 0. The predicted molar refractivity (Wildman–Crippen MR) is 88.7 cm³/mol. The molecule has 0 bridgehead atoms. The number of hydrogen-bond donors (Lipinski definition) is 0. The fraction of sp³-hybridized carbons (Fsp3) is 0.118. The second-order valence-electron chi connectivity index (χ2n) is 5.10. The normalized spacial score (nSPS) is 11.0. The van der Waals surface area contributed by atoms with Crippen LogP contribution in [0.15, 0.2) is 60.1 Å². The quantitative estimate of drug-likeness (QED) is 0.565. The summed E-state index contributed by atoms with van der Waals surface area (Å²) >= 11 is 1.65. The second-order valence-corrected chi connectivity index (χ2v) is 6.04. The average Bonchev–Trinajstić information content (AvgIpc) is 3.21. The molecule has 5 nitrogen and oxygen atoms in total. The molecular formula is C17H14N4OS. The molecule has 4 aromatic rings. The van der Waals surface area contributed by atoms with E-state index in [1.165, 1.54) is 5.56 Å². The van der Waals surface area contributed by atoms with Crippen LogP contribution in [0.1, 0.15) is 16.3 Å². The minimum atomic E-state index is 0.390. The van der Waals surface area contributed by atoms with Gasteiger partial charge < -0.3 is 4.74 Å². The van der Waals surface area contributed by atoms with Gasteiger partial charge in [-0.05, 0) is 17.7 Å². The highest BCUT2D eigenvalue weighted by Gasteiger charge is 2.08. The molecule has 3 aromatic heterocycles. The highest BCUT2D eigenvalue weighted by atomic mass is 32.1. The maximum absolute atomic E-state index is 5.74. The van der Waals surface area contributed by atoms with Crippen molar-refractivity contribution in [2.45, 2.75) is 13.0 Å². The summed E-state index contributed by atoms with van der Waals surface area (Å²) in [7, 11) is 0. The molecule has 3 heterocycles. The lowest BCUT2D eigenvalue weighted by atomic mass is 10.2. The van der Waals surface area contributed by atoms with Gasteiger partial charge >= 0.3 is 6.01 Å². The predicted octanol–water partition coefficient (Wildman–Crippen LogP) is 3.36. The zero-order valence-electron chi connectivity index (χ0n) is 12.3. The zero-order chi connectivity index (χ0) is 15.5. The Kier molecular flexibility index (Phi) is 3.73. The highest BCUT2D eigenvalue weighted by molar-refractivity contribution is 7.09. The molecule has 0 aliphatic carbocycles. The Bertz CT molecular complexity index is 916. The molecule has 0 N–H and O–H groups in total. The van der Waals surface area contributed by atoms with E-state index in [4.69, 9.17) is 4.74 Å². The Hall–Kier alpha value is -2.73. The first-order chi connectivity index (χ1) is 11.4. The molecule has 0 spiro atoms. The lowest BCUT2D eigenvalue weighted by molar-refractivity contribution is 0.274. The standard InChI is InChI=1S/C17H14N4OS/c1-2-6-13(7-3-1)10-16-18-14(12-23-16)11-22-17-20-19-15-8-4-5-9-21(15)17/h1-9,12H,10-11H2. The summed E-state index contributed by atoms with van der Waals surface area (Å²) < 4.78 is 7.56. The molecule has 4 rings (SSSR count). The van der Waals surface area contributed by atoms with E-state index in [9.17, 15) is 0 Å². The summed E-state index contributed by atoms with van der Waals surface area (Å²) in [6, 6.07) is 16.5. The molecule has 0 radical (unpaired) electrons. The molecule has 0 atom stereocenters. The van der Waals surface area contributed by atoms with Crippen molar-refractivity contribution < 1.29 is 4.74 Å². The SMILES string of the molecule is c1ccc(Cc2nc(COc3nnc4ccccn34)cs2)cc1. The van der Waals surface area contributed by atoms with Crippen molar-refractivity contribution in [2.75, 3.05) is 0 Å². The van der Waals surface area contributed by atoms with Crippen molar-refractivity contribution in [1.82, 2.24) is 19.6 Å². The Labute approximate surface area is 137 Å². The highest BCUT2D eigenvalue weighted by Crippen LogP contribution is 2.17. The number of rotatable bonds is 5. The summed E-state index contributed by atoms with van der Waals surface area (Å²) in [6.45, 7) is 0.390. The van der Waals surface area contributed by atoms with Crippen LogP contribution in [0.2, 0.25) is 0 Å². The molecule has 0 aliphatic rings. The third kappa shape index (κ3) is 3.07.